The lowest BCUT2D eigenvalue weighted by Crippen LogP contribution is -1.63. The van der Waals surface area contributed by atoms with Gasteiger partial charge >= 0.3 is 0 Å². The molecule has 0 aliphatic carbocycles. The molecule has 1 heterocycles. The number of oxime groups is 1. The van der Waals surface area contributed by atoms with Crippen LogP contribution in [-0.2, 0) is 4.84 Å². The van der Waals surface area contributed by atoms with E-state index in [-0.39, 0.29) is 0 Å². The molecule has 0 aromatic carbocycles. The van der Waals surface area contributed by atoms with Gasteiger partial charge in [-0.25, -0.2) is 0 Å². The molecule has 0 saturated carbocycles. The molecule has 0 N–H and O–H groups in total. The van der Waals surface area contributed by atoms with Crippen LogP contribution in [0.4, 0.5) is 0 Å². The molecule has 28 valence electrons. The van der Waals surface area contributed by atoms with Crippen molar-refractivity contribution in [3.05, 3.63) is 0 Å². The molecule has 0 atom stereocenters. The number of hydrogen-bond acceptors (Lipinski definition) is 3. The van der Waals surface area contributed by atoms with Crippen LogP contribution in [0, 0.1) is 0 Å². The Hall–Kier alpha value is -0.180. The van der Waals surface area contributed by atoms with Crippen LogP contribution in [-0.4, -0.2) is 11.5 Å². The molecule has 1 aliphatic rings. The maximum atomic E-state index is 4.48. The van der Waals surface area contributed by atoms with Crippen molar-refractivity contribution in [1.82, 2.24) is 0 Å². The Bertz CT molecular complexity index is 47.6. The van der Waals surface area contributed by atoms with Gasteiger partial charge in [0.2, 0.25) is 0 Å². The van der Waals surface area contributed by atoms with E-state index in [1.54, 1.807) is 17.3 Å². The summed E-state index contributed by atoms with van der Waals surface area (Å²) < 4.78 is 0. The summed E-state index contributed by atoms with van der Waals surface area (Å²) in [6, 6.07) is 0. The molecule has 0 aromatic rings. The van der Waals surface area contributed by atoms with Gasteiger partial charge in [0.05, 0.1) is 0 Å². The van der Waals surface area contributed by atoms with Gasteiger partial charge in [0, 0.05) is 0 Å². The molecular formula is C2H3NOS. The highest BCUT2D eigenvalue weighted by Gasteiger charge is 1.86. The lowest BCUT2D eigenvalue weighted by atomic mass is 11.7. The first-order valence-electron chi connectivity index (χ1n) is 1.25. The Morgan fingerprint density at radius 2 is 3.00 bits per heavy atom. The fourth-order valence-corrected chi connectivity index (χ4v) is 0.456. The fraction of sp³-hybridized carbons (Fsp3) is 0.500. The summed E-state index contributed by atoms with van der Waals surface area (Å²) in [6.07, 6.45) is 0. The second-order valence-electron chi connectivity index (χ2n) is 0.624. The molecule has 0 amide bonds. The van der Waals surface area contributed by atoms with E-state index in [0.29, 0.717) is 5.94 Å². The molecule has 1 aliphatic heterocycles. The van der Waals surface area contributed by atoms with Crippen molar-refractivity contribution >= 4 is 17.3 Å². The summed E-state index contributed by atoms with van der Waals surface area (Å²) >= 11 is 1.56. The summed E-state index contributed by atoms with van der Waals surface area (Å²) in [4.78, 5) is 4.48. The topological polar surface area (TPSA) is 21.6 Å². The first kappa shape index (κ1) is 3.03. The van der Waals surface area contributed by atoms with Crippen LogP contribution in [0.1, 0.15) is 0 Å². The third-order valence-electron chi connectivity index (χ3n) is 0.313. The van der Waals surface area contributed by atoms with E-state index in [2.05, 4.69) is 9.99 Å². The van der Waals surface area contributed by atoms with Gasteiger partial charge in [-0.3, -0.25) is 0 Å². The van der Waals surface area contributed by atoms with Crippen molar-refractivity contribution in [3.8, 4) is 0 Å². The van der Waals surface area contributed by atoms with Crippen LogP contribution in [0.15, 0.2) is 5.16 Å². The largest absolute Gasteiger partial charge is 0.384 e. The summed E-state index contributed by atoms with van der Waals surface area (Å²) in [5.74, 6) is 0.694. The zero-order chi connectivity index (χ0) is 3.54. The molecule has 0 bridgehead atoms. The van der Waals surface area contributed by atoms with E-state index in [0.717, 1.165) is 0 Å². The second-order valence-corrected chi connectivity index (χ2v) is 1.40. The predicted octanol–water partition coefficient (Wildman–Crippen LogP) is 0.651. The van der Waals surface area contributed by atoms with Crippen molar-refractivity contribution in [2.75, 3.05) is 5.94 Å². The summed E-state index contributed by atoms with van der Waals surface area (Å²) in [6.45, 7) is 0. The molecule has 0 spiro atoms. The number of hydrogen-bond donors (Lipinski definition) is 0. The van der Waals surface area contributed by atoms with Gasteiger partial charge in [0.1, 0.15) is 5.55 Å². The normalized spacial score (nSPS) is 19.2. The molecule has 0 saturated heterocycles. The van der Waals surface area contributed by atoms with Gasteiger partial charge in [-0.15, -0.1) is 0 Å². The highest BCUT2D eigenvalue weighted by atomic mass is 32.2. The van der Waals surface area contributed by atoms with Crippen molar-refractivity contribution in [2.45, 2.75) is 0 Å². The van der Waals surface area contributed by atoms with Crippen LogP contribution in [0.3, 0.4) is 0 Å². The smallest absolute Gasteiger partial charge is 0.168 e. The Morgan fingerprint density at radius 3 is 3.20 bits per heavy atom. The van der Waals surface area contributed by atoms with Crippen LogP contribution in [0.2, 0.25) is 0 Å². The molecule has 0 aromatic heterocycles. The van der Waals surface area contributed by atoms with E-state index in [1.807, 2.05) is 0 Å². The van der Waals surface area contributed by atoms with Gasteiger partial charge in [0.15, 0.2) is 5.94 Å². The minimum Gasteiger partial charge on any atom is -0.384 e. The van der Waals surface area contributed by atoms with Crippen LogP contribution in [0.25, 0.3) is 0 Å². The second kappa shape index (κ2) is 1.31. The minimum atomic E-state index is 0.694. The molecule has 0 radical (unpaired) electrons. The lowest BCUT2D eigenvalue weighted by molar-refractivity contribution is 0.205. The summed E-state index contributed by atoms with van der Waals surface area (Å²) in [7, 11) is 0. The average molecular weight is 89.1 g/mol. The Morgan fingerprint density at radius 1 is 2.00 bits per heavy atom. The molecule has 0 fully saturated rings. The Labute approximate surface area is 34.2 Å². The zero-order valence-corrected chi connectivity index (χ0v) is 3.36. The average Bonchev–Trinajstić information content (AvgIpc) is 1.76. The fourth-order valence-electron chi connectivity index (χ4n) is 0.152. The third-order valence-corrected chi connectivity index (χ3v) is 0.789. The van der Waals surface area contributed by atoms with Gasteiger partial charge < -0.3 is 4.84 Å². The van der Waals surface area contributed by atoms with Gasteiger partial charge in [-0.2, -0.15) is 0 Å². The first-order valence-corrected chi connectivity index (χ1v) is 2.30. The SMILES string of the molecule is C1=NOCS1. The predicted molar refractivity (Wildman–Crippen MR) is 22.0 cm³/mol. The van der Waals surface area contributed by atoms with Crippen LogP contribution >= 0.6 is 11.8 Å². The summed E-state index contributed by atoms with van der Waals surface area (Å²) in [5, 5.41) is 3.42. The van der Waals surface area contributed by atoms with Gasteiger partial charge in [-0.05, 0) is 0 Å². The first-order chi connectivity index (χ1) is 2.50. The maximum Gasteiger partial charge on any atom is 0.168 e. The minimum absolute atomic E-state index is 0.694. The van der Waals surface area contributed by atoms with E-state index in [4.69, 9.17) is 0 Å². The van der Waals surface area contributed by atoms with E-state index in [1.165, 1.54) is 0 Å². The molecule has 3 heteroatoms. The monoisotopic (exact) mass is 89.0 g/mol. The van der Waals surface area contributed by atoms with E-state index >= 15 is 0 Å². The molecule has 5 heavy (non-hydrogen) atoms. The molecule has 0 unspecified atom stereocenters. The Kier molecular flexibility index (Phi) is 0.792. The highest BCUT2D eigenvalue weighted by molar-refractivity contribution is 8.12. The number of rotatable bonds is 0. The molecular weight excluding hydrogens is 86.1 g/mol. The van der Waals surface area contributed by atoms with Gasteiger partial charge in [0.25, 0.3) is 0 Å². The van der Waals surface area contributed by atoms with Crippen molar-refractivity contribution in [3.63, 3.8) is 0 Å². The highest BCUT2D eigenvalue weighted by Crippen LogP contribution is 2.01. The zero-order valence-electron chi connectivity index (χ0n) is 2.55. The van der Waals surface area contributed by atoms with Crippen molar-refractivity contribution in [1.29, 1.82) is 0 Å². The third kappa shape index (κ3) is 0.545. The van der Waals surface area contributed by atoms with Crippen LogP contribution < -0.4 is 0 Å². The maximum absolute atomic E-state index is 4.48. The standard InChI is InChI=1S/C2H3NOS/c1-3-4-2-5-1/h1H,2H2. The van der Waals surface area contributed by atoms with E-state index < -0.39 is 0 Å². The lowest BCUT2D eigenvalue weighted by Gasteiger charge is -1.75. The van der Waals surface area contributed by atoms with E-state index in [9.17, 15) is 0 Å². The van der Waals surface area contributed by atoms with Crippen molar-refractivity contribution < 1.29 is 4.84 Å². The Balaban J connectivity index is 2.32. The molecule has 1 rings (SSSR count). The molecule has 2 nitrogen and oxygen atoms in total. The van der Waals surface area contributed by atoms with Crippen LogP contribution in [0.5, 0.6) is 0 Å². The number of nitrogens with zero attached hydrogens (tertiary/aromatic N) is 1. The van der Waals surface area contributed by atoms with Gasteiger partial charge in [-0.1, -0.05) is 16.9 Å². The number of thioether (sulfide) groups is 1. The quantitative estimate of drug-likeness (QED) is 0.434. The van der Waals surface area contributed by atoms with Crippen molar-refractivity contribution in [2.24, 2.45) is 5.16 Å². The summed E-state index contributed by atoms with van der Waals surface area (Å²) in [5.41, 5.74) is 1.68.